The highest BCUT2D eigenvalue weighted by atomic mass is 19.4. The van der Waals surface area contributed by atoms with Crippen molar-refractivity contribution >= 4 is 17.8 Å². The molecule has 11 heteroatoms. The first-order valence-corrected chi connectivity index (χ1v) is 12.0. The van der Waals surface area contributed by atoms with Gasteiger partial charge in [0.05, 0.1) is 25.2 Å². The number of halogens is 3. The molecule has 192 valence electrons. The Labute approximate surface area is 202 Å². The number of amides is 4. The molecule has 0 radical (unpaired) electrons. The molecule has 1 aromatic rings. The molecular formula is C24H31F3N4O4. The number of carbonyl (C=O) groups is 3. The van der Waals surface area contributed by atoms with Crippen LogP contribution in [-0.2, 0) is 26.9 Å². The van der Waals surface area contributed by atoms with E-state index >= 15 is 0 Å². The van der Waals surface area contributed by atoms with E-state index in [9.17, 15) is 27.6 Å². The van der Waals surface area contributed by atoms with Crippen molar-refractivity contribution in [2.24, 2.45) is 5.92 Å². The second-order valence-corrected chi connectivity index (χ2v) is 9.57. The van der Waals surface area contributed by atoms with E-state index in [4.69, 9.17) is 4.74 Å². The zero-order valence-corrected chi connectivity index (χ0v) is 19.8. The fourth-order valence-electron chi connectivity index (χ4n) is 5.11. The maximum Gasteiger partial charge on any atom is 0.416 e. The summed E-state index contributed by atoms with van der Waals surface area (Å²) in [5.74, 6) is -0.628. The summed E-state index contributed by atoms with van der Waals surface area (Å²) >= 11 is 0. The zero-order chi connectivity index (χ0) is 25.2. The summed E-state index contributed by atoms with van der Waals surface area (Å²) in [5, 5.41) is 2.88. The predicted molar refractivity (Wildman–Crippen MR) is 120 cm³/mol. The monoisotopic (exact) mass is 496 g/mol. The minimum Gasteiger partial charge on any atom is -0.379 e. The molecule has 1 aromatic carbocycles. The molecule has 4 rings (SSSR count). The molecule has 0 spiro atoms. The quantitative estimate of drug-likeness (QED) is 0.611. The minimum atomic E-state index is -4.46. The van der Waals surface area contributed by atoms with Crippen molar-refractivity contribution in [1.82, 2.24) is 20.0 Å². The maximum absolute atomic E-state index is 13.2. The van der Waals surface area contributed by atoms with E-state index in [-0.39, 0.29) is 24.2 Å². The van der Waals surface area contributed by atoms with Gasteiger partial charge in [-0.3, -0.25) is 19.4 Å². The summed E-state index contributed by atoms with van der Waals surface area (Å²) in [4.78, 5) is 43.6. The largest absolute Gasteiger partial charge is 0.416 e. The van der Waals surface area contributed by atoms with Gasteiger partial charge in [0.1, 0.15) is 5.54 Å². The maximum atomic E-state index is 13.2. The van der Waals surface area contributed by atoms with Gasteiger partial charge in [0, 0.05) is 39.3 Å². The number of rotatable bonds is 6. The van der Waals surface area contributed by atoms with Gasteiger partial charge in [-0.15, -0.1) is 0 Å². The van der Waals surface area contributed by atoms with Gasteiger partial charge >= 0.3 is 12.2 Å². The molecule has 3 aliphatic rings. The topological polar surface area (TPSA) is 82.2 Å². The Morgan fingerprint density at radius 1 is 1.11 bits per heavy atom. The fourth-order valence-corrected chi connectivity index (χ4v) is 5.11. The van der Waals surface area contributed by atoms with Crippen LogP contribution in [0.25, 0.3) is 0 Å². The number of likely N-dealkylation sites (tertiary alicyclic amines) is 1. The Hall–Kier alpha value is -2.66. The average molecular weight is 497 g/mol. The Balaban J connectivity index is 1.31. The van der Waals surface area contributed by atoms with Crippen LogP contribution in [-0.4, -0.2) is 90.6 Å². The van der Waals surface area contributed by atoms with Gasteiger partial charge in [0.2, 0.25) is 5.91 Å². The number of carbonyl (C=O) groups excluding carboxylic acids is 3. The third-order valence-corrected chi connectivity index (χ3v) is 7.32. The highest BCUT2D eigenvalue weighted by Gasteiger charge is 2.52. The van der Waals surface area contributed by atoms with E-state index in [0.29, 0.717) is 57.8 Å². The normalized spacial score (nSPS) is 24.7. The van der Waals surface area contributed by atoms with Gasteiger partial charge in [-0.25, -0.2) is 4.79 Å². The number of hydrogen-bond acceptors (Lipinski definition) is 5. The van der Waals surface area contributed by atoms with Gasteiger partial charge in [0.15, 0.2) is 0 Å². The Morgan fingerprint density at radius 3 is 2.46 bits per heavy atom. The highest BCUT2D eigenvalue weighted by Crippen LogP contribution is 2.34. The molecule has 4 amide bonds. The molecule has 0 bridgehead atoms. The highest BCUT2D eigenvalue weighted by molar-refractivity contribution is 6.07. The van der Waals surface area contributed by atoms with Crippen LogP contribution in [0, 0.1) is 5.92 Å². The average Bonchev–Trinajstić information content (AvgIpc) is 3.06. The zero-order valence-electron chi connectivity index (χ0n) is 19.8. The number of ether oxygens (including phenoxy) is 1. The predicted octanol–water partition coefficient (Wildman–Crippen LogP) is 2.13. The van der Waals surface area contributed by atoms with Crippen molar-refractivity contribution in [2.45, 2.75) is 37.9 Å². The molecule has 35 heavy (non-hydrogen) atoms. The number of urea groups is 1. The van der Waals surface area contributed by atoms with Crippen LogP contribution in [0.4, 0.5) is 18.0 Å². The van der Waals surface area contributed by atoms with Crippen LogP contribution in [0.1, 0.15) is 30.9 Å². The fraction of sp³-hybridized carbons (Fsp3) is 0.625. The van der Waals surface area contributed by atoms with E-state index in [2.05, 4.69) is 10.2 Å². The smallest absolute Gasteiger partial charge is 0.379 e. The molecule has 1 unspecified atom stereocenters. The van der Waals surface area contributed by atoms with E-state index in [0.717, 1.165) is 25.2 Å². The van der Waals surface area contributed by atoms with Gasteiger partial charge < -0.3 is 15.0 Å². The number of benzene rings is 1. The van der Waals surface area contributed by atoms with Gasteiger partial charge in [-0.05, 0) is 37.3 Å². The number of imide groups is 1. The summed E-state index contributed by atoms with van der Waals surface area (Å²) in [5.41, 5.74) is -1.49. The first kappa shape index (κ1) is 25.4. The number of nitrogens with one attached hydrogen (secondary N) is 1. The third kappa shape index (κ3) is 5.61. The second-order valence-electron chi connectivity index (χ2n) is 9.57. The first-order valence-electron chi connectivity index (χ1n) is 12.0. The SMILES string of the molecule is CC1(C2CCN(C(=O)Cc3cccc(C(F)(F)F)c3)CC2)NC(=O)N(CCN2CCOCC2)C1=O. The van der Waals surface area contributed by atoms with Crippen LogP contribution in [0.5, 0.6) is 0 Å². The van der Waals surface area contributed by atoms with Gasteiger partial charge in [0.25, 0.3) is 5.91 Å². The Kier molecular flexibility index (Phi) is 7.37. The van der Waals surface area contributed by atoms with Crippen molar-refractivity contribution in [2.75, 3.05) is 52.5 Å². The van der Waals surface area contributed by atoms with Crippen LogP contribution in [0.15, 0.2) is 24.3 Å². The van der Waals surface area contributed by atoms with Crippen molar-refractivity contribution < 1.29 is 32.3 Å². The summed E-state index contributed by atoms with van der Waals surface area (Å²) in [6, 6.07) is 4.41. The molecule has 8 nitrogen and oxygen atoms in total. The van der Waals surface area contributed by atoms with Gasteiger partial charge in [-0.2, -0.15) is 13.2 Å². The van der Waals surface area contributed by atoms with Crippen LogP contribution >= 0.6 is 0 Å². The molecule has 3 fully saturated rings. The van der Waals surface area contributed by atoms with Crippen molar-refractivity contribution in [3.05, 3.63) is 35.4 Å². The lowest BCUT2D eigenvalue weighted by Crippen LogP contribution is -2.54. The van der Waals surface area contributed by atoms with Crippen molar-refractivity contribution in [3.63, 3.8) is 0 Å². The molecule has 3 heterocycles. The van der Waals surface area contributed by atoms with E-state index in [1.54, 1.807) is 11.8 Å². The van der Waals surface area contributed by atoms with E-state index < -0.39 is 23.3 Å². The lowest BCUT2D eigenvalue weighted by Gasteiger charge is -2.39. The molecule has 3 aliphatic heterocycles. The lowest BCUT2D eigenvalue weighted by atomic mass is 9.79. The van der Waals surface area contributed by atoms with Crippen molar-refractivity contribution in [1.29, 1.82) is 0 Å². The summed E-state index contributed by atoms with van der Waals surface area (Å²) in [6.45, 7) is 6.25. The minimum absolute atomic E-state index is 0.114. The number of morpholine rings is 1. The van der Waals surface area contributed by atoms with Gasteiger partial charge in [-0.1, -0.05) is 18.2 Å². The summed E-state index contributed by atoms with van der Waals surface area (Å²) in [6.07, 6.45) is -3.53. The molecule has 1 N–H and O–H groups in total. The second kappa shape index (κ2) is 10.1. The summed E-state index contributed by atoms with van der Waals surface area (Å²) in [7, 11) is 0. The van der Waals surface area contributed by atoms with Crippen molar-refractivity contribution in [3.8, 4) is 0 Å². The molecule has 0 saturated carbocycles. The standard InChI is InChI=1S/C24H31F3N4O4/c1-23(21(33)31(22(34)28-23)10-9-29-11-13-35-14-12-29)18-5-7-30(8-6-18)20(32)16-17-3-2-4-19(15-17)24(25,26)27/h2-4,15,18H,5-14,16H2,1H3,(H,28,34). The third-order valence-electron chi connectivity index (χ3n) is 7.32. The Bertz CT molecular complexity index is 958. The lowest BCUT2D eigenvalue weighted by molar-refractivity contribution is -0.138. The molecule has 0 aromatic heterocycles. The number of piperidine rings is 1. The molecule has 3 saturated heterocycles. The summed E-state index contributed by atoms with van der Waals surface area (Å²) < 4.78 is 44.2. The molecule has 1 atom stereocenters. The number of nitrogens with zero attached hydrogens (tertiary/aromatic N) is 3. The van der Waals surface area contributed by atoms with E-state index in [1.165, 1.54) is 17.0 Å². The van der Waals surface area contributed by atoms with Crippen LogP contribution < -0.4 is 5.32 Å². The van der Waals surface area contributed by atoms with E-state index in [1.807, 2.05) is 0 Å². The van der Waals surface area contributed by atoms with Crippen LogP contribution in [0.3, 0.4) is 0 Å². The molecule has 0 aliphatic carbocycles. The van der Waals surface area contributed by atoms with Crippen LogP contribution in [0.2, 0.25) is 0 Å². The number of alkyl halides is 3. The Morgan fingerprint density at radius 2 is 1.80 bits per heavy atom. The molecular weight excluding hydrogens is 465 g/mol. The number of hydrogen-bond donors (Lipinski definition) is 1. The first-order chi connectivity index (χ1) is 16.6.